The van der Waals surface area contributed by atoms with Gasteiger partial charge in [0.25, 0.3) is 0 Å². The molecule has 3 N–H and O–H groups in total. The van der Waals surface area contributed by atoms with Crippen molar-refractivity contribution in [1.82, 2.24) is 10.6 Å². The van der Waals surface area contributed by atoms with E-state index in [1.807, 2.05) is 0 Å². The lowest BCUT2D eigenvalue weighted by Crippen LogP contribution is -2.33. The molecule has 2 rings (SSSR count). The second kappa shape index (κ2) is 9.01. The zero-order chi connectivity index (χ0) is 14.2. The smallest absolute Gasteiger partial charge is 0.0736 e. The van der Waals surface area contributed by atoms with Gasteiger partial charge in [-0.25, -0.2) is 0 Å². The monoisotopic (exact) mass is 282 g/mol. The summed E-state index contributed by atoms with van der Waals surface area (Å²) in [5.74, 6) is 0.520. The lowest BCUT2D eigenvalue weighted by atomic mass is 9.88. The van der Waals surface area contributed by atoms with E-state index >= 15 is 0 Å². The molecule has 3 nitrogen and oxygen atoms in total. The lowest BCUT2D eigenvalue weighted by Gasteiger charge is -2.20. The average Bonchev–Trinajstić information content (AvgIpc) is 2.79. The summed E-state index contributed by atoms with van der Waals surface area (Å²) in [7, 11) is 0. The van der Waals surface area contributed by atoms with Crippen LogP contribution in [0.5, 0.6) is 0 Å². The molecule has 0 aromatic rings. The zero-order valence-corrected chi connectivity index (χ0v) is 13.2. The Hall–Kier alpha value is -0.120. The first-order valence-electron chi connectivity index (χ1n) is 8.97. The number of aliphatic hydroxyl groups is 1. The van der Waals surface area contributed by atoms with E-state index < -0.39 is 0 Å². The molecule has 118 valence electrons. The number of unbranched alkanes of at least 4 members (excludes halogenated alkanes) is 1. The van der Waals surface area contributed by atoms with Crippen LogP contribution in [0.3, 0.4) is 0 Å². The summed E-state index contributed by atoms with van der Waals surface area (Å²) in [5.41, 5.74) is 0. The van der Waals surface area contributed by atoms with Crippen LogP contribution in [-0.2, 0) is 0 Å². The quantitative estimate of drug-likeness (QED) is 0.656. The number of aliphatic hydroxyl groups excluding tert-OH is 1. The van der Waals surface area contributed by atoms with Crippen LogP contribution in [-0.4, -0.2) is 36.4 Å². The molecule has 4 atom stereocenters. The summed E-state index contributed by atoms with van der Waals surface area (Å²) in [6.45, 7) is 4.34. The van der Waals surface area contributed by atoms with Crippen molar-refractivity contribution >= 4 is 0 Å². The van der Waals surface area contributed by atoms with Crippen LogP contribution >= 0.6 is 0 Å². The van der Waals surface area contributed by atoms with E-state index in [-0.39, 0.29) is 6.10 Å². The van der Waals surface area contributed by atoms with Crippen LogP contribution in [0.4, 0.5) is 0 Å². The molecule has 1 aliphatic heterocycles. The summed E-state index contributed by atoms with van der Waals surface area (Å²) < 4.78 is 0. The summed E-state index contributed by atoms with van der Waals surface area (Å²) in [6, 6.07) is 0.938. The Kier molecular flexibility index (Phi) is 7.32. The summed E-state index contributed by atoms with van der Waals surface area (Å²) in [4.78, 5) is 0. The van der Waals surface area contributed by atoms with E-state index in [4.69, 9.17) is 0 Å². The maximum absolute atomic E-state index is 10.6. The van der Waals surface area contributed by atoms with Crippen LogP contribution in [0.2, 0.25) is 0 Å². The second-order valence-corrected chi connectivity index (χ2v) is 6.73. The predicted octanol–water partition coefficient (Wildman–Crippen LogP) is 2.83. The normalized spacial score (nSPS) is 35.1. The molecule has 1 aliphatic carbocycles. The fraction of sp³-hybridized carbons (Fsp3) is 1.00. The predicted molar refractivity (Wildman–Crippen MR) is 84.9 cm³/mol. The molecule has 2 fully saturated rings. The Bertz CT molecular complexity index is 259. The molecule has 0 bridgehead atoms. The van der Waals surface area contributed by atoms with Gasteiger partial charge in [0, 0.05) is 18.0 Å². The van der Waals surface area contributed by atoms with Crippen molar-refractivity contribution in [2.24, 2.45) is 5.92 Å². The molecule has 1 heterocycles. The highest BCUT2D eigenvalue weighted by atomic mass is 16.3. The zero-order valence-electron chi connectivity index (χ0n) is 13.2. The molecule has 3 heteroatoms. The molecule has 4 unspecified atom stereocenters. The number of nitrogens with one attached hydrogen (secondary N) is 2. The Morgan fingerprint density at radius 2 is 1.80 bits per heavy atom. The standard InChI is InChI=1S/C17H34N2O/c1-2-18-13-9-8-12-16-17(20)14-10-6-4-3-5-7-11-15(14)19-16/h14-20H,2-13H2,1H3. The largest absolute Gasteiger partial charge is 0.391 e. The van der Waals surface area contributed by atoms with Crippen LogP contribution < -0.4 is 10.6 Å². The number of fused-ring (bicyclic) bond motifs is 1. The SMILES string of the molecule is CCNCCCCC1NC2CCCCCCCC2C1O. The number of hydrogen-bond acceptors (Lipinski definition) is 3. The molecule has 1 saturated carbocycles. The van der Waals surface area contributed by atoms with Gasteiger partial charge in [0.1, 0.15) is 0 Å². The van der Waals surface area contributed by atoms with Gasteiger partial charge in [0.05, 0.1) is 6.10 Å². The maximum atomic E-state index is 10.6. The summed E-state index contributed by atoms with van der Waals surface area (Å²) >= 11 is 0. The van der Waals surface area contributed by atoms with E-state index in [9.17, 15) is 5.11 Å². The Morgan fingerprint density at radius 3 is 2.60 bits per heavy atom. The highest BCUT2D eigenvalue weighted by Crippen LogP contribution is 2.32. The van der Waals surface area contributed by atoms with Gasteiger partial charge in [-0.05, 0) is 38.8 Å². The average molecular weight is 282 g/mol. The van der Waals surface area contributed by atoms with Crippen LogP contribution in [0.25, 0.3) is 0 Å². The van der Waals surface area contributed by atoms with Crippen molar-refractivity contribution in [2.45, 2.75) is 89.3 Å². The van der Waals surface area contributed by atoms with Gasteiger partial charge in [-0.15, -0.1) is 0 Å². The van der Waals surface area contributed by atoms with Crippen molar-refractivity contribution in [1.29, 1.82) is 0 Å². The van der Waals surface area contributed by atoms with Crippen molar-refractivity contribution in [3.63, 3.8) is 0 Å². The van der Waals surface area contributed by atoms with Crippen LogP contribution in [0, 0.1) is 5.92 Å². The minimum atomic E-state index is -0.0998. The molecule has 0 aromatic heterocycles. The summed E-state index contributed by atoms with van der Waals surface area (Å²) in [6.07, 6.45) is 12.8. The minimum absolute atomic E-state index is 0.0998. The van der Waals surface area contributed by atoms with Crippen LogP contribution in [0.15, 0.2) is 0 Å². The number of rotatable bonds is 6. The van der Waals surface area contributed by atoms with Gasteiger partial charge in [0.2, 0.25) is 0 Å². The fourth-order valence-corrected chi connectivity index (χ4v) is 4.02. The molecule has 20 heavy (non-hydrogen) atoms. The Labute approximate surface area is 124 Å². The molecule has 0 aromatic carbocycles. The molecular weight excluding hydrogens is 248 g/mol. The molecule has 0 radical (unpaired) electrons. The Balaban J connectivity index is 1.75. The highest BCUT2D eigenvalue weighted by molar-refractivity contribution is 4.97. The fourth-order valence-electron chi connectivity index (χ4n) is 4.02. The topological polar surface area (TPSA) is 44.3 Å². The third kappa shape index (κ3) is 4.71. The van der Waals surface area contributed by atoms with E-state index in [1.165, 1.54) is 57.8 Å². The van der Waals surface area contributed by atoms with Gasteiger partial charge in [-0.3, -0.25) is 0 Å². The van der Waals surface area contributed by atoms with Gasteiger partial charge in [-0.1, -0.05) is 45.4 Å². The first-order valence-corrected chi connectivity index (χ1v) is 8.97. The lowest BCUT2D eigenvalue weighted by molar-refractivity contribution is 0.102. The second-order valence-electron chi connectivity index (χ2n) is 6.73. The van der Waals surface area contributed by atoms with Gasteiger partial charge in [0.15, 0.2) is 0 Å². The van der Waals surface area contributed by atoms with Crippen molar-refractivity contribution in [3.05, 3.63) is 0 Å². The highest BCUT2D eigenvalue weighted by Gasteiger charge is 2.40. The first kappa shape index (κ1) is 16.3. The van der Waals surface area contributed by atoms with Crippen molar-refractivity contribution < 1.29 is 5.11 Å². The maximum Gasteiger partial charge on any atom is 0.0736 e. The molecular formula is C17H34N2O. The van der Waals surface area contributed by atoms with Gasteiger partial charge < -0.3 is 15.7 Å². The van der Waals surface area contributed by atoms with E-state index in [2.05, 4.69) is 17.6 Å². The van der Waals surface area contributed by atoms with E-state index in [0.717, 1.165) is 19.5 Å². The summed E-state index contributed by atoms with van der Waals surface area (Å²) in [5, 5.41) is 17.8. The Morgan fingerprint density at radius 1 is 1.05 bits per heavy atom. The van der Waals surface area contributed by atoms with Crippen molar-refractivity contribution in [2.75, 3.05) is 13.1 Å². The third-order valence-electron chi connectivity index (χ3n) is 5.22. The molecule has 0 spiro atoms. The van der Waals surface area contributed by atoms with Gasteiger partial charge in [-0.2, -0.15) is 0 Å². The molecule has 1 saturated heterocycles. The third-order valence-corrected chi connectivity index (χ3v) is 5.22. The minimum Gasteiger partial charge on any atom is -0.391 e. The molecule has 0 amide bonds. The first-order chi connectivity index (χ1) is 9.83. The number of hydrogen-bond donors (Lipinski definition) is 3. The molecule has 2 aliphatic rings. The van der Waals surface area contributed by atoms with Crippen LogP contribution in [0.1, 0.15) is 71.1 Å². The van der Waals surface area contributed by atoms with E-state index in [1.54, 1.807) is 0 Å². The van der Waals surface area contributed by atoms with E-state index in [0.29, 0.717) is 18.0 Å². The van der Waals surface area contributed by atoms with Gasteiger partial charge >= 0.3 is 0 Å². The van der Waals surface area contributed by atoms with Crippen molar-refractivity contribution in [3.8, 4) is 0 Å².